The first-order chi connectivity index (χ1) is 3.11. The molecule has 0 aromatic heterocycles. The van der Waals surface area contributed by atoms with Crippen molar-refractivity contribution in [1.82, 2.24) is 0 Å². The van der Waals surface area contributed by atoms with Crippen molar-refractivity contribution in [2.75, 3.05) is 0 Å². The van der Waals surface area contributed by atoms with E-state index in [9.17, 15) is 0 Å². The van der Waals surface area contributed by atoms with Crippen molar-refractivity contribution in [1.29, 1.82) is 0 Å². The zero-order valence-electron chi connectivity index (χ0n) is 5.41. The van der Waals surface area contributed by atoms with Crippen LogP contribution in [0.15, 0.2) is 0 Å². The largest absolute Gasteiger partial charge is 0.0596 e. The zero-order valence-corrected chi connectivity index (χ0v) is 5.41. The van der Waals surface area contributed by atoms with E-state index in [4.69, 9.17) is 0 Å². The third kappa shape index (κ3) is 1.19. The molecular formula is C7H13. The average Bonchev–Trinajstić information content (AvgIpc) is 1.99. The highest BCUT2D eigenvalue weighted by atomic mass is 14.4. The van der Waals surface area contributed by atoms with Crippen LogP contribution in [0.3, 0.4) is 0 Å². The molecule has 0 aromatic rings. The predicted octanol–water partition coefficient (Wildman–Crippen LogP) is 2.40. The fourth-order valence-electron chi connectivity index (χ4n) is 0.812. The Balaban J connectivity index is 2.36. The van der Waals surface area contributed by atoms with Crippen molar-refractivity contribution in [3.8, 4) is 0 Å². The number of hydrogen-bond donors (Lipinski definition) is 0. The van der Waals surface area contributed by atoms with Gasteiger partial charge < -0.3 is 0 Å². The minimum absolute atomic E-state index is 0.528. The fourth-order valence-corrected chi connectivity index (χ4v) is 0.812. The van der Waals surface area contributed by atoms with Crippen LogP contribution in [-0.2, 0) is 0 Å². The molecular weight excluding hydrogens is 84.1 g/mol. The molecule has 0 bridgehead atoms. The van der Waals surface area contributed by atoms with Gasteiger partial charge in [-0.3, -0.25) is 0 Å². The van der Waals surface area contributed by atoms with Crippen LogP contribution in [0.1, 0.15) is 33.6 Å². The maximum absolute atomic E-state index is 2.29. The lowest BCUT2D eigenvalue weighted by atomic mass is 9.91. The van der Waals surface area contributed by atoms with Gasteiger partial charge >= 0.3 is 0 Å². The Morgan fingerprint density at radius 1 is 1.14 bits per heavy atom. The van der Waals surface area contributed by atoms with Gasteiger partial charge in [-0.25, -0.2) is 0 Å². The Bertz CT molecular complexity index is 62.6. The summed E-state index contributed by atoms with van der Waals surface area (Å²) in [7, 11) is 0. The number of rotatable bonds is 0. The summed E-state index contributed by atoms with van der Waals surface area (Å²) >= 11 is 0. The molecule has 1 radical (unpaired) electrons. The molecule has 1 aliphatic carbocycles. The molecule has 0 saturated heterocycles. The van der Waals surface area contributed by atoms with Gasteiger partial charge in [0.15, 0.2) is 0 Å². The highest BCUT2D eigenvalue weighted by Gasteiger charge is 2.34. The lowest BCUT2D eigenvalue weighted by molar-refractivity contribution is 0.478. The van der Waals surface area contributed by atoms with Crippen LogP contribution < -0.4 is 0 Å². The molecule has 1 fully saturated rings. The molecule has 0 heteroatoms. The fraction of sp³-hybridized carbons (Fsp3) is 0.857. The molecule has 1 saturated carbocycles. The molecule has 0 aliphatic heterocycles. The Morgan fingerprint density at radius 2 is 1.57 bits per heavy atom. The maximum atomic E-state index is 2.29. The van der Waals surface area contributed by atoms with E-state index in [0.29, 0.717) is 5.41 Å². The van der Waals surface area contributed by atoms with Crippen molar-refractivity contribution in [3.63, 3.8) is 0 Å². The molecule has 1 aliphatic rings. The molecule has 7 heavy (non-hydrogen) atoms. The highest BCUT2D eigenvalue weighted by molar-refractivity contribution is 5.13. The summed E-state index contributed by atoms with van der Waals surface area (Å²) in [5.74, 6) is 1.74. The van der Waals surface area contributed by atoms with Crippen molar-refractivity contribution >= 4 is 0 Å². The summed E-state index contributed by atoms with van der Waals surface area (Å²) in [5, 5.41) is 0. The lowest BCUT2D eigenvalue weighted by Gasteiger charge is -2.14. The second kappa shape index (κ2) is 1.24. The van der Waals surface area contributed by atoms with Crippen LogP contribution in [0.5, 0.6) is 0 Å². The molecule has 0 amide bonds. The molecule has 0 nitrogen and oxygen atoms in total. The third-order valence-corrected chi connectivity index (χ3v) is 1.56. The van der Waals surface area contributed by atoms with E-state index in [0.717, 1.165) is 0 Å². The standard InChI is InChI=1S/C7H13/c1-7(2,3)6-4-5-6/h4-5H2,1-3H3. The van der Waals surface area contributed by atoms with E-state index < -0.39 is 0 Å². The van der Waals surface area contributed by atoms with Gasteiger partial charge in [-0.05, 0) is 24.2 Å². The summed E-state index contributed by atoms with van der Waals surface area (Å²) in [6.45, 7) is 6.86. The van der Waals surface area contributed by atoms with Crippen LogP contribution in [0.25, 0.3) is 0 Å². The summed E-state index contributed by atoms with van der Waals surface area (Å²) in [5.41, 5.74) is 0.528. The molecule has 1 rings (SSSR count). The molecule has 0 heterocycles. The Hall–Kier alpha value is 0. The van der Waals surface area contributed by atoms with Gasteiger partial charge in [-0.1, -0.05) is 20.8 Å². The maximum Gasteiger partial charge on any atom is -0.0187 e. The molecule has 0 unspecified atom stereocenters. The van der Waals surface area contributed by atoms with Crippen LogP contribution in [0, 0.1) is 11.3 Å². The van der Waals surface area contributed by atoms with Crippen molar-refractivity contribution < 1.29 is 0 Å². The SMILES string of the molecule is CC(C)(C)[C]1CC1. The van der Waals surface area contributed by atoms with Gasteiger partial charge in [0.1, 0.15) is 0 Å². The summed E-state index contributed by atoms with van der Waals surface area (Å²) < 4.78 is 0. The van der Waals surface area contributed by atoms with Gasteiger partial charge in [-0.15, -0.1) is 0 Å². The molecule has 0 aromatic carbocycles. The predicted molar refractivity (Wildman–Crippen MR) is 31.9 cm³/mol. The topological polar surface area (TPSA) is 0 Å². The first kappa shape index (κ1) is 5.14. The quantitative estimate of drug-likeness (QED) is 0.435. The normalized spacial score (nSPS) is 22.7. The molecule has 0 atom stereocenters. The highest BCUT2D eigenvalue weighted by Crippen LogP contribution is 2.46. The second-order valence-corrected chi connectivity index (χ2v) is 3.35. The van der Waals surface area contributed by atoms with Crippen LogP contribution >= 0.6 is 0 Å². The minimum Gasteiger partial charge on any atom is -0.0596 e. The van der Waals surface area contributed by atoms with E-state index in [1.807, 2.05) is 0 Å². The summed E-state index contributed by atoms with van der Waals surface area (Å²) in [6.07, 6.45) is 2.78. The van der Waals surface area contributed by atoms with E-state index >= 15 is 0 Å². The molecule has 0 N–H and O–H groups in total. The summed E-state index contributed by atoms with van der Waals surface area (Å²) in [4.78, 5) is 0. The van der Waals surface area contributed by atoms with Crippen molar-refractivity contribution in [2.24, 2.45) is 5.41 Å². The van der Waals surface area contributed by atoms with E-state index in [1.54, 1.807) is 5.92 Å². The van der Waals surface area contributed by atoms with Crippen molar-refractivity contribution in [3.05, 3.63) is 5.92 Å². The first-order valence-corrected chi connectivity index (χ1v) is 2.96. The first-order valence-electron chi connectivity index (χ1n) is 2.96. The Morgan fingerprint density at radius 3 is 1.57 bits per heavy atom. The van der Waals surface area contributed by atoms with Gasteiger partial charge in [-0.2, -0.15) is 0 Å². The van der Waals surface area contributed by atoms with E-state index in [1.165, 1.54) is 12.8 Å². The zero-order chi connectivity index (χ0) is 5.49. The van der Waals surface area contributed by atoms with Gasteiger partial charge in [0.05, 0.1) is 0 Å². The van der Waals surface area contributed by atoms with Crippen molar-refractivity contribution in [2.45, 2.75) is 33.6 Å². The third-order valence-electron chi connectivity index (χ3n) is 1.56. The number of hydrogen-bond acceptors (Lipinski definition) is 0. The Labute approximate surface area is 45.9 Å². The van der Waals surface area contributed by atoms with E-state index in [2.05, 4.69) is 20.8 Å². The molecule has 0 spiro atoms. The van der Waals surface area contributed by atoms with Gasteiger partial charge in [0.2, 0.25) is 0 Å². The Kier molecular flexibility index (Phi) is 0.911. The van der Waals surface area contributed by atoms with Gasteiger partial charge in [0.25, 0.3) is 0 Å². The van der Waals surface area contributed by atoms with Crippen LogP contribution in [0.2, 0.25) is 0 Å². The van der Waals surface area contributed by atoms with Gasteiger partial charge in [0, 0.05) is 0 Å². The lowest BCUT2D eigenvalue weighted by Crippen LogP contribution is -2.04. The second-order valence-electron chi connectivity index (χ2n) is 3.35. The van der Waals surface area contributed by atoms with Crippen LogP contribution in [-0.4, -0.2) is 0 Å². The smallest absolute Gasteiger partial charge is 0.0187 e. The monoisotopic (exact) mass is 97.1 g/mol. The summed E-state index contributed by atoms with van der Waals surface area (Å²) in [6, 6.07) is 0. The van der Waals surface area contributed by atoms with Crippen LogP contribution in [0.4, 0.5) is 0 Å². The average molecular weight is 97.2 g/mol. The molecule has 41 valence electrons. The minimum atomic E-state index is 0.528. The van der Waals surface area contributed by atoms with E-state index in [-0.39, 0.29) is 0 Å².